The van der Waals surface area contributed by atoms with Gasteiger partial charge < -0.3 is 31.1 Å². The number of benzene rings is 1. The molecule has 0 aromatic heterocycles. The minimum atomic E-state index is -2.57. The van der Waals surface area contributed by atoms with Gasteiger partial charge in [0, 0.05) is 29.5 Å². The molecule has 0 aliphatic heterocycles. The molecule has 4 rings (SSSR count). The molecule has 1 amide bonds. The summed E-state index contributed by atoms with van der Waals surface area (Å²) in [6.45, 7) is 3.34. The van der Waals surface area contributed by atoms with Gasteiger partial charge in [0.25, 0.3) is 5.91 Å². The van der Waals surface area contributed by atoms with Gasteiger partial charge in [0.15, 0.2) is 11.4 Å². The smallest absolute Gasteiger partial charge is 0.255 e. The molecule has 1 aromatic rings. The van der Waals surface area contributed by atoms with Crippen molar-refractivity contribution in [3.05, 3.63) is 44.7 Å². The first-order valence-electron chi connectivity index (χ1n) is 11.1. The van der Waals surface area contributed by atoms with Crippen LogP contribution in [0.1, 0.15) is 42.9 Å². The number of aliphatic hydroxyl groups is 3. The van der Waals surface area contributed by atoms with E-state index >= 15 is 0 Å². The van der Waals surface area contributed by atoms with E-state index in [0.29, 0.717) is 22.7 Å². The number of Topliss-reactive ketones (excluding diaryl/α,β-unsaturated/α-hetero) is 2. The third-order valence-corrected chi connectivity index (χ3v) is 7.59. The van der Waals surface area contributed by atoms with Crippen LogP contribution < -0.4 is 5.73 Å². The Bertz CT molecular complexity index is 1190. The third-order valence-electron chi connectivity index (χ3n) is 7.12. The number of halogens is 1. The number of phenols is 1. The number of aliphatic hydroxyl groups excluding tert-OH is 2. The number of carbonyl (C=O) groups excluding carboxylic acids is 3. The monoisotopic (exact) mass is 490 g/mol. The lowest BCUT2D eigenvalue weighted by Crippen LogP contribution is -2.58. The maximum Gasteiger partial charge on any atom is 0.255 e. The van der Waals surface area contributed by atoms with E-state index in [4.69, 9.17) is 17.3 Å². The van der Waals surface area contributed by atoms with Crippen molar-refractivity contribution in [3.8, 4) is 5.75 Å². The van der Waals surface area contributed by atoms with Crippen LogP contribution in [-0.2, 0) is 27.3 Å². The molecule has 3 aliphatic rings. The third kappa shape index (κ3) is 3.41. The number of ketones is 2. The molecule has 34 heavy (non-hydrogen) atoms. The molecule has 9 nitrogen and oxygen atoms in total. The fourth-order valence-corrected chi connectivity index (χ4v) is 5.88. The summed E-state index contributed by atoms with van der Waals surface area (Å²) in [6, 6.07) is 1.44. The van der Waals surface area contributed by atoms with Crippen molar-refractivity contribution in [1.82, 2.24) is 4.90 Å². The second-order valence-corrected chi connectivity index (χ2v) is 9.74. The highest BCUT2D eigenvalue weighted by molar-refractivity contribution is 6.32. The van der Waals surface area contributed by atoms with Gasteiger partial charge in [-0.25, -0.2) is 0 Å². The number of rotatable bonds is 5. The molecule has 6 N–H and O–H groups in total. The van der Waals surface area contributed by atoms with Gasteiger partial charge >= 0.3 is 0 Å². The lowest BCUT2D eigenvalue weighted by atomic mass is 9.59. The van der Waals surface area contributed by atoms with Crippen molar-refractivity contribution in [2.75, 3.05) is 13.6 Å². The van der Waals surface area contributed by atoms with Crippen LogP contribution in [0.4, 0.5) is 0 Å². The summed E-state index contributed by atoms with van der Waals surface area (Å²) in [6.07, 6.45) is 0.832. The Morgan fingerprint density at radius 2 is 1.94 bits per heavy atom. The number of phenolic OH excluding ortho intramolecular Hbond substituents is 1. The van der Waals surface area contributed by atoms with Crippen LogP contribution in [0.5, 0.6) is 5.75 Å². The van der Waals surface area contributed by atoms with Crippen LogP contribution in [0.2, 0.25) is 5.02 Å². The van der Waals surface area contributed by atoms with E-state index in [1.165, 1.54) is 6.07 Å². The lowest BCUT2D eigenvalue weighted by Gasteiger charge is -2.46. The molecule has 0 spiro atoms. The zero-order chi connectivity index (χ0) is 25.1. The number of hydrogen-bond donors (Lipinski definition) is 5. The number of nitrogens with two attached hydrogens (primary N) is 1. The van der Waals surface area contributed by atoms with Gasteiger partial charge in [0.2, 0.25) is 5.78 Å². The Morgan fingerprint density at radius 3 is 2.56 bits per heavy atom. The van der Waals surface area contributed by atoms with Crippen molar-refractivity contribution in [2.24, 2.45) is 17.6 Å². The van der Waals surface area contributed by atoms with E-state index in [2.05, 4.69) is 0 Å². The Kier molecular flexibility index (Phi) is 6.00. The molecule has 0 saturated heterocycles. The molecular weight excluding hydrogens is 464 g/mol. The zero-order valence-electron chi connectivity index (χ0n) is 18.9. The Balaban J connectivity index is 1.85. The molecule has 0 bridgehead atoms. The van der Waals surface area contributed by atoms with Gasteiger partial charge in [-0.2, -0.15) is 0 Å². The molecule has 0 heterocycles. The topological polar surface area (TPSA) is 161 Å². The molecular formula is C24H27ClN2O7. The second kappa shape index (κ2) is 8.41. The maximum atomic E-state index is 13.5. The number of carbonyl (C=O) groups is 3. The minimum absolute atomic E-state index is 0.000903. The summed E-state index contributed by atoms with van der Waals surface area (Å²) in [5.74, 6) is -6.54. The van der Waals surface area contributed by atoms with E-state index in [0.717, 1.165) is 13.0 Å². The largest absolute Gasteiger partial charge is 0.508 e. The fourth-order valence-electron chi connectivity index (χ4n) is 5.59. The highest BCUT2D eigenvalue weighted by Crippen LogP contribution is 2.53. The Hall–Kier alpha value is -2.88. The summed E-state index contributed by atoms with van der Waals surface area (Å²) in [5, 5.41) is 44.0. The Morgan fingerprint density at radius 1 is 1.26 bits per heavy atom. The first-order valence-corrected chi connectivity index (χ1v) is 11.5. The maximum absolute atomic E-state index is 13.5. The summed E-state index contributed by atoms with van der Waals surface area (Å²) >= 11 is 6.68. The van der Waals surface area contributed by atoms with Gasteiger partial charge in [-0.05, 0) is 56.0 Å². The van der Waals surface area contributed by atoms with Gasteiger partial charge in [-0.15, -0.1) is 0 Å². The molecule has 1 aromatic carbocycles. The van der Waals surface area contributed by atoms with Crippen LogP contribution in [0.25, 0.3) is 5.76 Å². The van der Waals surface area contributed by atoms with E-state index < -0.39 is 52.0 Å². The fraction of sp³-hybridized carbons (Fsp3) is 0.458. The predicted molar refractivity (Wildman–Crippen MR) is 123 cm³/mol. The number of amides is 1. The Labute approximate surface area is 201 Å². The van der Waals surface area contributed by atoms with Crippen molar-refractivity contribution in [1.29, 1.82) is 0 Å². The first kappa shape index (κ1) is 24.3. The summed E-state index contributed by atoms with van der Waals surface area (Å²) in [5.41, 5.74) is 2.77. The molecule has 1 fully saturated rings. The average molecular weight is 491 g/mol. The van der Waals surface area contributed by atoms with Crippen molar-refractivity contribution in [2.45, 2.75) is 44.8 Å². The first-order chi connectivity index (χ1) is 15.9. The standard InChI is InChI=1S/C24H27ClN2O7/c1-3-4-27(2)9-11-7-14(28)17-13(19(11)25)6-10-5-12-8-15(29)18(23(26)33)22(32)24(12,34)21(31)16(10)20(17)30/h7,10,12,28,30,32,34H,3-6,8-9H2,1-2H3,(H2,26,33)/t10?,12-,24-/m0/s1. The highest BCUT2D eigenvalue weighted by Gasteiger charge is 2.60. The van der Waals surface area contributed by atoms with E-state index in [1.54, 1.807) is 0 Å². The molecule has 0 radical (unpaired) electrons. The molecule has 182 valence electrons. The molecule has 1 unspecified atom stereocenters. The van der Waals surface area contributed by atoms with Crippen molar-refractivity contribution < 1.29 is 34.8 Å². The van der Waals surface area contributed by atoms with Crippen LogP contribution in [0.15, 0.2) is 23.0 Å². The van der Waals surface area contributed by atoms with E-state index in [-0.39, 0.29) is 36.1 Å². The van der Waals surface area contributed by atoms with Crippen LogP contribution in [0.3, 0.4) is 0 Å². The minimum Gasteiger partial charge on any atom is -0.508 e. The molecule has 1 saturated carbocycles. The SMILES string of the molecule is CCCN(C)Cc1cc(O)c2c(c1Cl)CC1C[C@H]3CC(=O)C(C(N)=O)=C(O)[C@@]3(O)C(=O)C1=C2O. The molecule has 3 atom stereocenters. The number of hydrogen-bond acceptors (Lipinski definition) is 8. The number of primary amides is 1. The number of nitrogens with zero attached hydrogens (tertiary/aromatic N) is 1. The van der Waals surface area contributed by atoms with Crippen LogP contribution >= 0.6 is 11.6 Å². The quantitative estimate of drug-likeness (QED) is 0.391. The number of aromatic hydroxyl groups is 1. The zero-order valence-corrected chi connectivity index (χ0v) is 19.6. The highest BCUT2D eigenvalue weighted by atomic mass is 35.5. The van der Waals surface area contributed by atoms with Crippen LogP contribution in [0, 0.1) is 11.8 Å². The van der Waals surface area contributed by atoms with Crippen LogP contribution in [-0.4, -0.2) is 62.0 Å². The summed E-state index contributed by atoms with van der Waals surface area (Å²) in [7, 11) is 1.92. The van der Waals surface area contributed by atoms with Gasteiger partial charge in [0.05, 0.1) is 5.56 Å². The number of fused-ring (bicyclic) bond motifs is 3. The lowest BCUT2D eigenvalue weighted by molar-refractivity contribution is -0.147. The molecule has 3 aliphatic carbocycles. The second-order valence-electron chi connectivity index (χ2n) is 9.37. The van der Waals surface area contributed by atoms with Gasteiger partial charge in [0.1, 0.15) is 22.8 Å². The molecule has 10 heteroatoms. The van der Waals surface area contributed by atoms with E-state index in [9.17, 15) is 34.8 Å². The predicted octanol–water partition coefficient (Wildman–Crippen LogP) is 1.92. The van der Waals surface area contributed by atoms with Gasteiger partial charge in [-0.3, -0.25) is 14.4 Å². The average Bonchev–Trinajstić information content (AvgIpc) is 2.74. The van der Waals surface area contributed by atoms with E-state index in [1.807, 2.05) is 18.9 Å². The van der Waals surface area contributed by atoms with Gasteiger partial charge in [-0.1, -0.05) is 18.5 Å². The summed E-state index contributed by atoms with van der Waals surface area (Å²) < 4.78 is 0. The normalized spacial score (nSPS) is 26.5. The summed E-state index contributed by atoms with van der Waals surface area (Å²) in [4.78, 5) is 39.6. The van der Waals surface area contributed by atoms with Crippen molar-refractivity contribution in [3.63, 3.8) is 0 Å². The van der Waals surface area contributed by atoms with Crippen molar-refractivity contribution >= 4 is 34.8 Å².